The molecule has 0 amide bonds. The number of hydrogen-bond acceptors (Lipinski definition) is 4. The molecule has 0 aliphatic carbocycles. The van der Waals surface area contributed by atoms with E-state index < -0.39 is 0 Å². The zero-order valence-electron chi connectivity index (χ0n) is 27.0. The molecule has 4 atom stereocenters. The molecular weight excluding hydrogens is 520 g/mol. The Labute approximate surface area is 257 Å². The van der Waals surface area contributed by atoms with E-state index in [0.29, 0.717) is 24.7 Å². The molecule has 234 valence electrons. The molecule has 0 heterocycles. The van der Waals surface area contributed by atoms with Crippen molar-refractivity contribution in [3.63, 3.8) is 0 Å². The number of unbranched alkanes of at least 4 members (excludes halogenated alkanes) is 6. The molecule has 0 spiro atoms. The Morgan fingerprint density at radius 1 is 0.524 bits per heavy atom. The first-order chi connectivity index (χ1) is 20.4. The quantitative estimate of drug-likeness (QED) is 0.0972. The van der Waals surface area contributed by atoms with Crippen molar-refractivity contribution in [3.05, 3.63) is 71.8 Å². The van der Waals surface area contributed by atoms with E-state index in [1.807, 2.05) is 13.8 Å². The van der Waals surface area contributed by atoms with Gasteiger partial charge in [-0.1, -0.05) is 126 Å². The van der Waals surface area contributed by atoms with E-state index in [4.69, 9.17) is 9.47 Å². The zero-order valence-corrected chi connectivity index (χ0v) is 27.0. The van der Waals surface area contributed by atoms with Crippen LogP contribution < -0.4 is 0 Å². The first-order valence-corrected chi connectivity index (χ1v) is 16.9. The lowest BCUT2D eigenvalue weighted by Gasteiger charge is -2.29. The second-order valence-electron chi connectivity index (χ2n) is 12.1. The van der Waals surface area contributed by atoms with Gasteiger partial charge < -0.3 is 9.47 Å². The van der Waals surface area contributed by atoms with Gasteiger partial charge in [0.15, 0.2) is 0 Å². The molecule has 0 aromatic heterocycles. The van der Waals surface area contributed by atoms with Gasteiger partial charge in [0.2, 0.25) is 0 Å². The summed E-state index contributed by atoms with van der Waals surface area (Å²) in [5.41, 5.74) is 2.84. The summed E-state index contributed by atoms with van der Waals surface area (Å²) in [5.74, 6) is 0.822. The summed E-state index contributed by atoms with van der Waals surface area (Å²) >= 11 is 0. The number of rotatable bonds is 23. The average Bonchev–Trinajstić information content (AvgIpc) is 2.98. The Bertz CT molecular complexity index is 878. The summed E-state index contributed by atoms with van der Waals surface area (Å²) in [7, 11) is 0. The molecule has 0 fully saturated rings. The van der Waals surface area contributed by atoms with E-state index in [0.717, 1.165) is 89.9 Å². The van der Waals surface area contributed by atoms with Crippen molar-refractivity contribution in [1.29, 1.82) is 0 Å². The Morgan fingerprint density at radius 2 is 0.881 bits per heavy atom. The fourth-order valence-corrected chi connectivity index (χ4v) is 6.07. The lowest BCUT2D eigenvalue weighted by molar-refractivity contribution is -0.149. The molecule has 42 heavy (non-hydrogen) atoms. The van der Waals surface area contributed by atoms with Gasteiger partial charge in [0.25, 0.3) is 0 Å². The van der Waals surface area contributed by atoms with E-state index in [-0.39, 0.29) is 24.1 Å². The van der Waals surface area contributed by atoms with Gasteiger partial charge >= 0.3 is 11.9 Å². The minimum absolute atomic E-state index is 0.0277. The number of carbonyl (C=O) groups excluding carboxylic acids is 2. The highest BCUT2D eigenvalue weighted by molar-refractivity contribution is 5.69. The average molecular weight is 579 g/mol. The lowest BCUT2D eigenvalue weighted by atomic mass is 9.76. The van der Waals surface area contributed by atoms with Crippen LogP contribution in [0.15, 0.2) is 60.7 Å². The molecule has 0 saturated carbocycles. The molecule has 0 N–H and O–H groups in total. The monoisotopic (exact) mass is 578 g/mol. The number of benzene rings is 2. The SMILES string of the molecule is CCCC(C)OC(=O)CCCCCCC(c1ccccc1)C(CCCCCCC(=O)OC(C)CCC)c1ccccc1. The summed E-state index contributed by atoms with van der Waals surface area (Å²) in [6.07, 6.45) is 15.8. The van der Waals surface area contributed by atoms with E-state index in [1.165, 1.54) is 11.1 Å². The third-order valence-electron chi connectivity index (χ3n) is 8.29. The normalized spacial score (nSPS) is 14.1. The van der Waals surface area contributed by atoms with E-state index in [2.05, 4.69) is 74.5 Å². The van der Waals surface area contributed by atoms with Crippen molar-refractivity contribution in [2.45, 2.75) is 154 Å². The molecule has 0 saturated heterocycles. The number of esters is 2. The highest BCUT2D eigenvalue weighted by Gasteiger charge is 2.24. The Kier molecular flexibility index (Phi) is 18.6. The number of ether oxygens (including phenoxy) is 2. The van der Waals surface area contributed by atoms with Crippen LogP contribution in [0.4, 0.5) is 0 Å². The fraction of sp³-hybridized carbons (Fsp3) is 0.632. The third-order valence-corrected chi connectivity index (χ3v) is 8.29. The Balaban J connectivity index is 1.89. The Hall–Kier alpha value is -2.62. The van der Waals surface area contributed by atoms with Gasteiger partial charge in [-0.3, -0.25) is 9.59 Å². The standard InChI is InChI=1S/C38H58O4/c1-5-21-31(3)41-37(39)29-19-9-7-17-27-35(33-23-13-11-14-24-33)36(34-25-15-12-16-26-34)28-18-8-10-20-30-38(40)42-32(4)22-6-2/h11-16,23-26,31-32,35-36H,5-10,17-22,27-30H2,1-4H3. The van der Waals surface area contributed by atoms with Gasteiger partial charge in [-0.25, -0.2) is 0 Å². The highest BCUT2D eigenvalue weighted by atomic mass is 16.5. The predicted octanol–water partition coefficient (Wildman–Crippen LogP) is 10.7. The smallest absolute Gasteiger partial charge is 0.306 e. The number of hydrogen-bond donors (Lipinski definition) is 0. The van der Waals surface area contributed by atoms with E-state index in [1.54, 1.807) is 0 Å². The van der Waals surface area contributed by atoms with Gasteiger partial charge in [-0.15, -0.1) is 0 Å². The molecular formula is C38H58O4. The van der Waals surface area contributed by atoms with Crippen molar-refractivity contribution < 1.29 is 19.1 Å². The van der Waals surface area contributed by atoms with Crippen molar-refractivity contribution in [2.75, 3.05) is 0 Å². The topological polar surface area (TPSA) is 52.6 Å². The molecule has 0 bridgehead atoms. The molecule has 2 rings (SSSR count). The fourth-order valence-electron chi connectivity index (χ4n) is 6.07. The first-order valence-electron chi connectivity index (χ1n) is 16.9. The van der Waals surface area contributed by atoms with Gasteiger partial charge in [0.05, 0.1) is 12.2 Å². The van der Waals surface area contributed by atoms with Crippen molar-refractivity contribution >= 4 is 11.9 Å². The number of carbonyl (C=O) groups is 2. The van der Waals surface area contributed by atoms with E-state index in [9.17, 15) is 9.59 Å². The maximum Gasteiger partial charge on any atom is 0.306 e. The molecule has 0 aliphatic heterocycles. The molecule has 2 aromatic carbocycles. The van der Waals surface area contributed by atoms with Crippen LogP contribution in [0.2, 0.25) is 0 Å². The summed E-state index contributed by atoms with van der Waals surface area (Å²) in [6.45, 7) is 8.21. The van der Waals surface area contributed by atoms with Crippen LogP contribution >= 0.6 is 0 Å². The maximum atomic E-state index is 12.1. The van der Waals surface area contributed by atoms with Crippen molar-refractivity contribution in [3.8, 4) is 0 Å². The molecule has 4 unspecified atom stereocenters. The van der Waals surface area contributed by atoms with Crippen molar-refractivity contribution in [1.82, 2.24) is 0 Å². The lowest BCUT2D eigenvalue weighted by Crippen LogP contribution is -2.14. The van der Waals surface area contributed by atoms with Gasteiger partial charge in [0, 0.05) is 12.8 Å². The highest BCUT2D eigenvalue weighted by Crippen LogP contribution is 2.40. The van der Waals surface area contributed by atoms with Crippen LogP contribution in [0.1, 0.15) is 153 Å². The van der Waals surface area contributed by atoms with Crippen LogP contribution in [-0.2, 0) is 19.1 Å². The summed E-state index contributed by atoms with van der Waals surface area (Å²) in [4.78, 5) is 24.2. The van der Waals surface area contributed by atoms with Crippen LogP contribution in [0.25, 0.3) is 0 Å². The first kappa shape index (κ1) is 35.6. The zero-order chi connectivity index (χ0) is 30.4. The minimum Gasteiger partial charge on any atom is -0.463 e. The summed E-state index contributed by atoms with van der Waals surface area (Å²) in [6, 6.07) is 22.0. The maximum absolute atomic E-state index is 12.1. The van der Waals surface area contributed by atoms with Crippen LogP contribution in [-0.4, -0.2) is 24.1 Å². The van der Waals surface area contributed by atoms with Crippen LogP contribution in [0.3, 0.4) is 0 Å². The van der Waals surface area contributed by atoms with Gasteiger partial charge in [-0.2, -0.15) is 0 Å². The van der Waals surface area contributed by atoms with Crippen LogP contribution in [0.5, 0.6) is 0 Å². The second kappa shape index (κ2) is 22.0. The third kappa shape index (κ3) is 15.0. The molecule has 4 nitrogen and oxygen atoms in total. The van der Waals surface area contributed by atoms with E-state index >= 15 is 0 Å². The minimum atomic E-state index is -0.0507. The van der Waals surface area contributed by atoms with Crippen LogP contribution in [0, 0.1) is 0 Å². The predicted molar refractivity (Wildman–Crippen MR) is 175 cm³/mol. The molecule has 0 radical (unpaired) electrons. The van der Waals surface area contributed by atoms with Gasteiger partial charge in [0.1, 0.15) is 0 Å². The summed E-state index contributed by atoms with van der Waals surface area (Å²) < 4.78 is 11.0. The molecule has 2 aromatic rings. The Morgan fingerprint density at radius 3 is 1.24 bits per heavy atom. The molecule has 0 aliphatic rings. The van der Waals surface area contributed by atoms with Gasteiger partial charge in [-0.05, 0) is 75.3 Å². The van der Waals surface area contributed by atoms with Crippen molar-refractivity contribution in [2.24, 2.45) is 0 Å². The largest absolute Gasteiger partial charge is 0.463 e. The molecule has 4 heteroatoms. The summed E-state index contributed by atoms with van der Waals surface area (Å²) in [5, 5.41) is 0. The second-order valence-corrected chi connectivity index (χ2v) is 12.1.